The second kappa shape index (κ2) is 6.38. The van der Waals surface area contributed by atoms with Gasteiger partial charge in [-0.15, -0.1) is 0 Å². The fourth-order valence-corrected chi connectivity index (χ4v) is 2.76. The van der Waals surface area contributed by atoms with Crippen LogP contribution in [0, 0.1) is 6.92 Å². The number of carboxylic acid groups (broad SMARTS) is 1. The normalized spacial score (nSPS) is 10.4. The van der Waals surface area contributed by atoms with Crippen molar-refractivity contribution in [2.75, 3.05) is 0 Å². The van der Waals surface area contributed by atoms with E-state index >= 15 is 0 Å². The summed E-state index contributed by atoms with van der Waals surface area (Å²) in [5.74, 6) is 0.549. The molecule has 0 saturated carbocycles. The Bertz CT molecular complexity index is 584. The van der Waals surface area contributed by atoms with Crippen molar-refractivity contribution in [2.45, 2.75) is 18.4 Å². The number of aromatic nitrogens is 1. The molecular formula is C15H15NO2S. The Morgan fingerprint density at radius 2 is 2.11 bits per heavy atom. The molecule has 4 heteroatoms. The maximum atomic E-state index is 11.1. The van der Waals surface area contributed by atoms with Crippen molar-refractivity contribution in [2.24, 2.45) is 0 Å². The lowest BCUT2D eigenvalue weighted by atomic mass is 10.2. The fourth-order valence-electron chi connectivity index (χ4n) is 1.82. The Balaban J connectivity index is 1.98. The third kappa shape index (κ3) is 3.83. The summed E-state index contributed by atoms with van der Waals surface area (Å²) in [6.45, 7) is 2.06. The second-order valence-electron chi connectivity index (χ2n) is 4.28. The number of rotatable bonds is 5. The predicted molar refractivity (Wildman–Crippen MR) is 77.4 cm³/mol. The van der Waals surface area contributed by atoms with Crippen molar-refractivity contribution in [3.63, 3.8) is 0 Å². The second-order valence-corrected chi connectivity index (χ2v) is 5.27. The quantitative estimate of drug-likeness (QED) is 0.905. The Labute approximate surface area is 116 Å². The first kappa shape index (κ1) is 13.6. The van der Waals surface area contributed by atoms with Crippen LogP contribution in [0.4, 0.5) is 0 Å². The maximum absolute atomic E-state index is 11.1. The molecule has 0 spiro atoms. The van der Waals surface area contributed by atoms with Crippen LogP contribution in [0.15, 0.2) is 42.6 Å². The summed E-state index contributed by atoms with van der Waals surface area (Å²) in [7, 11) is 0. The highest BCUT2D eigenvalue weighted by molar-refractivity contribution is 7.97. The van der Waals surface area contributed by atoms with E-state index in [0.29, 0.717) is 17.0 Å². The minimum absolute atomic E-state index is 0.291. The molecule has 3 nitrogen and oxygen atoms in total. The SMILES string of the molecule is Cc1cccc(CSCc2ncccc2C(=O)O)c1. The summed E-state index contributed by atoms with van der Waals surface area (Å²) in [6.07, 6.45) is 1.63. The highest BCUT2D eigenvalue weighted by Crippen LogP contribution is 2.19. The predicted octanol–water partition coefficient (Wildman–Crippen LogP) is 3.52. The number of aromatic carboxylic acids is 1. The molecule has 0 radical (unpaired) electrons. The standard InChI is InChI=1S/C15H15NO2S/c1-11-4-2-5-12(8-11)9-19-10-14-13(15(17)18)6-3-7-16-14/h2-8H,9-10H2,1H3,(H,17,18). The average Bonchev–Trinajstić information content (AvgIpc) is 2.39. The summed E-state index contributed by atoms with van der Waals surface area (Å²) in [5, 5.41) is 9.07. The van der Waals surface area contributed by atoms with Gasteiger partial charge in [0, 0.05) is 17.7 Å². The van der Waals surface area contributed by atoms with Gasteiger partial charge in [0.05, 0.1) is 11.3 Å². The van der Waals surface area contributed by atoms with E-state index in [4.69, 9.17) is 5.11 Å². The molecule has 19 heavy (non-hydrogen) atoms. The molecule has 2 rings (SSSR count). The van der Waals surface area contributed by atoms with Gasteiger partial charge in [0.25, 0.3) is 0 Å². The summed E-state index contributed by atoms with van der Waals surface area (Å²) in [4.78, 5) is 15.2. The third-order valence-corrected chi connectivity index (χ3v) is 3.73. The van der Waals surface area contributed by atoms with E-state index in [0.717, 1.165) is 5.75 Å². The Hall–Kier alpha value is -1.81. The minimum Gasteiger partial charge on any atom is -0.478 e. The molecule has 1 aromatic carbocycles. The number of hydrogen-bond donors (Lipinski definition) is 1. The van der Waals surface area contributed by atoms with Crippen LogP contribution < -0.4 is 0 Å². The van der Waals surface area contributed by atoms with Crippen molar-refractivity contribution in [3.05, 3.63) is 65.0 Å². The van der Waals surface area contributed by atoms with Crippen LogP contribution in [0.2, 0.25) is 0 Å². The number of thioether (sulfide) groups is 1. The number of aryl methyl sites for hydroxylation is 1. The van der Waals surface area contributed by atoms with Gasteiger partial charge in [-0.1, -0.05) is 29.8 Å². The van der Waals surface area contributed by atoms with E-state index in [2.05, 4.69) is 30.1 Å². The smallest absolute Gasteiger partial charge is 0.337 e. The van der Waals surface area contributed by atoms with Crippen LogP contribution in [-0.4, -0.2) is 16.1 Å². The van der Waals surface area contributed by atoms with Gasteiger partial charge in [0.15, 0.2) is 0 Å². The summed E-state index contributed by atoms with van der Waals surface area (Å²) >= 11 is 1.67. The summed E-state index contributed by atoms with van der Waals surface area (Å²) in [5.41, 5.74) is 3.41. The molecule has 0 aliphatic rings. The molecule has 0 unspecified atom stereocenters. The first-order valence-corrected chi connectivity index (χ1v) is 7.13. The van der Waals surface area contributed by atoms with E-state index in [1.807, 2.05) is 6.07 Å². The van der Waals surface area contributed by atoms with Gasteiger partial charge in [-0.05, 0) is 24.6 Å². The highest BCUT2D eigenvalue weighted by atomic mass is 32.2. The zero-order valence-electron chi connectivity index (χ0n) is 10.7. The van der Waals surface area contributed by atoms with Crippen molar-refractivity contribution in [1.82, 2.24) is 4.98 Å². The number of carbonyl (C=O) groups is 1. The Morgan fingerprint density at radius 1 is 1.26 bits per heavy atom. The average molecular weight is 273 g/mol. The third-order valence-electron chi connectivity index (χ3n) is 2.71. The zero-order valence-corrected chi connectivity index (χ0v) is 11.5. The molecule has 0 fully saturated rings. The largest absolute Gasteiger partial charge is 0.478 e. The Kier molecular flexibility index (Phi) is 4.58. The van der Waals surface area contributed by atoms with E-state index in [9.17, 15) is 4.79 Å². The number of carboxylic acids is 1. The zero-order chi connectivity index (χ0) is 13.7. The van der Waals surface area contributed by atoms with E-state index < -0.39 is 5.97 Å². The first-order chi connectivity index (χ1) is 9.16. The van der Waals surface area contributed by atoms with Gasteiger partial charge in [0.1, 0.15) is 0 Å². The van der Waals surface area contributed by atoms with Gasteiger partial charge >= 0.3 is 5.97 Å². The monoisotopic (exact) mass is 273 g/mol. The lowest BCUT2D eigenvalue weighted by Gasteiger charge is -2.05. The molecule has 1 aromatic heterocycles. The molecule has 0 aliphatic carbocycles. The van der Waals surface area contributed by atoms with E-state index in [1.54, 1.807) is 30.1 Å². The molecular weight excluding hydrogens is 258 g/mol. The topological polar surface area (TPSA) is 50.2 Å². The van der Waals surface area contributed by atoms with Crippen LogP contribution in [0.5, 0.6) is 0 Å². The molecule has 0 bridgehead atoms. The first-order valence-electron chi connectivity index (χ1n) is 5.97. The molecule has 0 aliphatic heterocycles. The lowest BCUT2D eigenvalue weighted by molar-refractivity contribution is 0.0695. The number of pyridine rings is 1. The van der Waals surface area contributed by atoms with E-state index in [-0.39, 0.29) is 0 Å². The molecule has 2 aromatic rings. The number of benzene rings is 1. The molecule has 1 N–H and O–H groups in total. The molecule has 1 heterocycles. The van der Waals surface area contributed by atoms with Gasteiger partial charge in [-0.2, -0.15) is 11.8 Å². The van der Waals surface area contributed by atoms with Crippen LogP contribution in [0.3, 0.4) is 0 Å². The molecule has 0 amide bonds. The van der Waals surface area contributed by atoms with Crippen LogP contribution in [0.25, 0.3) is 0 Å². The lowest BCUT2D eigenvalue weighted by Crippen LogP contribution is -2.03. The minimum atomic E-state index is -0.917. The van der Waals surface area contributed by atoms with Crippen molar-refractivity contribution in [1.29, 1.82) is 0 Å². The van der Waals surface area contributed by atoms with Crippen molar-refractivity contribution >= 4 is 17.7 Å². The van der Waals surface area contributed by atoms with Gasteiger partial charge in [0.2, 0.25) is 0 Å². The van der Waals surface area contributed by atoms with Crippen LogP contribution in [-0.2, 0) is 11.5 Å². The highest BCUT2D eigenvalue weighted by Gasteiger charge is 2.10. The number of hydrogen-bond acceptors (Lipinski definition) is 3. The number of nitrogens with zero attached hydrogens (tertiary/aromatic N) is 1. The fraction of sp³-hybridized carbons (Fsp3) is 0.200. The van der Waals surface area contributed by atoms with Crippen LogP contribution in [0.1, 0.15) is 27.2 Å². The van der Waals surface area contributed by atoms with Crippen molar-refractivity contribution in [3.8, 4) is 0 Å². The molecule has 0 atom stereocenters. The van der Waals surface area contributed by atoms with Crippen LogP contribution >= 0.6 is 11.8 Å². The van der Waals surface area contributed by atoms with Gasteiger partial charge in [-0.25, -0.2) is 4.79 Å². The summed E-state index contributed by atoms with van der Waals surface area (Å²) in [6, 6.07) is 11.6. The molecule has 98 valence electrons. The molecule has 0 saturated heterocycles. The van der Waals surface area contributed by atoms with Crippen molar-refractivity contribution < 1.29 is 9.90 Å². The van der Waals surface area contributed by atoms with Gasteiger partial charge in [-0.3, -0.25) is 4.98 Å². The van der Waals surface area contributed by atoms with Gasteiger partial charge < -0.3 is 5.11 Å². The Morgan fingerprint density at radius 3 is 2.84 bits per heavy atom. The van der Waals surface area contributed by atoms with E-state index in [1.165, 1.54) is 11.1 Å². The summed E-state index contributed by atoms with van der Waals surface area (Å²) < 4.78 is 0. The maximum Gasteiger partial charge on any atom is 0.337 e.